The summed E-state index contributed by atoms with van der Waals surface area (Å²) in [6.07, 6.45) is 7.83. The highest BCUT2D eigenvalue weighted by Gasteiger charge is 2.45. The normalized spacial score (nSPS) is 17.0. The van der Waals surface area contributed by atoms with Crippen LogP contribution in [0.4, 0.5) is 22.7 Å². The van der Waals surface area contributed by atoms with Gasteiger partial charge in [0, 0.05) is 39.3 Å². The quantitative estimate of drug-likeness (QED) is 0.182. The monoisotopic (exact) mass is 744 g/mol. The second-order valence-corrected chi connectivity index (χ2v) is 16.8. The summed E-state index contributed by atoms with van der Waals surface area (Å²) in [6, 6.07) is 64.9. The van der Waals surface area contributed by atoms with Crippen LogP contribution in [0.3, 0.4) is 0 Å². The maximum Gasteiger partial charge on any atom is 0.0715 e. The van der Waals surface area contributed by atoms with Gasteiger partial charge in [-0.1, -0.05) is 153 Å². The van der Waals surface area contributed by atoms with Gasteiger partial charge in [-0.15, -0.1) is 0 Å². The van der Waals surface area contributed by atoms with E-state index in [2.05, 4.69) is 225 Å². The molecule has 8 aromatic rings. The molecule has 0 amide bonds. The summed E-state index contributed by atoms with van der Waals surface area (Å²) in [6.45, 7) is 7.12. The summed E-state index contributed by atoms with van der Waals surface area (Å²) < 4.78 is 0. The molecule has 0 saturated heterocycles. The van der Waals surface area contributed by atoms with E-state index in [4.69, 9.17) is 0 Å². The van der Waals surface area contributed by atoms with Gasteiger partial charge in [-0.25, -0.2) is 0 Å². The van der Waals surface area contributed by atoms with Gasteiger partial charge in [-0.3, -0.25) is 0 Å². The van der Waals surface area contributed by atoms with E-state index >= 15 is 0 Å². The Kier molecular flexibility index (Phi) is 7.75. The van der Waals surface area contributed by atoms with Crippen LogP contribution >= 0.6 is 0 Å². The average molecular weight is 745 g/mol. The molecule has 1 heterocycles. The van der Waals surface area contributed by atoms with E-state index < -0.39 is 0 Å². The number of nitrogens with one attached hydrogen (secondary N) is 1. The third-order valence-electron chi connectivity index (χ3n) is 13.0. The Bertz CT molecular complexity index is 3000. The number of fused-ring (bicyclic) bond motifs is 7. The minimum absolute atomic E-state index is 0.0944. The number of nitrogens with zero attached hydrogens (tertiary/aromatic N) is 1. The predicted octanol–water partition coefficient (Wildman–Crippen LogP) is 15.1. The Morgan fingerprint density at radius 1 is 0.483 bits per heavy atom. The third kappa shape index (κ3) is 5.40. The van der Waals surface area contributed by atoms with Gasteiger partial charge in [0.25, 0.3) is 0 Å². The second-order valence-electron chi connectivity index (χ2n) is 16.8. The Morgan fingerprint density at radius 3 is 2.07 bits per heavy atom. The van der Waals surface area contributed by atoms with Crippen LogP contribution in [0.5, 0.6) is 0 Å². The number of hydrogen-bond acceptors (Lipinski definition) is 2. The van der Waals surface area contributed by atoms with Crippen LogP contribution in [0.2, 0.25) is 0 Å². The zero-order chi connectivity index (χ0) is 39.0. The van der Waals surface area contributed by atoms with Crippen molar-refractivity contribution in [3.8, 4) is 44.5 Å². The van der Waals surface area contributed by atoms with Crippen molar-refractivity contribution >= 4 is 39.1 Å². The molecule has 0 spiro atoms. The average Bonchev–Trinajstić information content (AvgIpc) is 3.67. The third-order valence-corrected chi connectivity index (χ3v) is 13.0. The molecule has 58 heavy (non-hydrogen) atoms. The summed E-state index contributed by atoms with van der Waals surface area (Å²) >= 11 is 0. The van der Waals surface area contributed by atoms with Crippen LogP contribution in [0.25, 0.3) is 60.9 Å². The van der Waals surface area contributed by atoms with Gasteiger partial charge in [0.2, 0.25) is 0 Å². The maximum atomic E-state index is 3.86. The zero-order valence-electron chi connectivity index (χ0n) is 33.1. The molecule has 2 nitrogen and oxygen atoms in total. The SMILES string of the molecule is CC1(C)c2ccccc2-c2ccc(-c3cc(-c4ccc5c(c4)C4=CC=CCC4(C)N5c4ccc5ccccc5c4)ccc3Nc3cccc(-c4ccccc4)c3)cc21. The van der Waals surface area contributed by atoms with E-state index in [0.29, 0.717) is 0 Å². The lowest BCUT2D eigenvalue weighted by Crippen LogP contribution is -2.40. The fraction of sp³-hybridized carbons (Fsp3) is 0.107. The summed E-state index contributed by atoms with van der Waals surface area (Å²) in [4.78, 5) is 2.57. The first kappa shape index (κ1) is 34.4. The van der Waals surface area contributed by atoms with Crippen LogP contribution in [-0.4, -0.2) is 5.54 Å². The fourth-order valence-electron chi connectivity index (χ4n) is 9.98. The van der Waals surface area contributed by atoms with Crippen molar-refractivity contribution in [2.75, 3.05) is 10.2 Å². The Morgan fingerprint density at radius 2 is 1.19 bits per heavy atom. The molecule has 0 saturated carbocycles. The highest BCUT2D eigenvalue weighted by atomic mass is 15.2. The molecule has 2 heteroatoms. The minimum Gasteiger partial charge on any atom is -0.355 e. The van der Waals surface area contributed by atoms with Crippen molar-refractivity contribution in [3.63, 3.8) is 0 Å². The van der Waals surface area contributed by atoms with Crippen LogP contribution in [-0.2, 0) is 5.41 Å². The van der Waals surface area contributed by atoms with Crippen LogP contribution in [0, 0.1) is 0 Å². The van der Waals surface area contributed by atoms with Crippen LogP contribution < -0.4 is 10.2 Å². The van der Waals surface area contributed by atoms with Gasteiger partial charge >= 0.3 is 0 Å². The standard InChI is InChI=1S/C56H44N2/c1-55(2)50-21-10-9-20-46(50)47-28-24-43(36-52(47)55)48-34-41(25-29-53(48)57-44-19-13-18-39(32-44)37-14-5-4-6-15-37)42-26-30-54-49(35-42)51-22-11-12-31-56(51,3)58(54)45-27-23-38-16-7-8-17-40(38)33-45/h4-30,32-36,57H,31H2,1-3H3. The molecular weight excluding hydrogens is 701 g/mol. The molecule has 8 aromatic carbocycles. The molecule has 3 aliphatic rings. The van der Waals surface area contributed by atoms with Gasteiger partial charge in [-0.05, 0) is 134 Å². The first-order valence-electron chi connectivity index (χ1n) is 20.5. The van der Waals surface area contributed by atoms with Crippen LogP contribution in [0.1, 0.15) is 43.9 Å². The fourth-order valence-corrected chi connectivity index (χ4v) is 9.98. The molecule has 0 bridgehead atoms. The number of rotatable bonds is 6. The van der Waals surface area contributed by atoms with E-state index in [0.717, 1.165) is 17.8 Å². The number of hydrogen-bond donors (Lipinski definition) is 1. The Labute approximate surface area is 341 Å². The molecule has 11 rings (SSSR count). The number of allylic oxidation sites excluding steroid dienone is 2. The number of benzene rings is 8. The number of anilines is 4. The molecule has 278 valence electrons. The van der Waals surface area contributed by atoms with Crippen molar-refractivity contribution in [1.29, 1.82) is 0 Å². The lowest BCUT2D eigenvalue weighted by molar-refractivity contribution is 0.607. The van der Waals surface area contributed by atoms with Gasteiger partial charge < -0.3 is 10.2 Å². The van der Waals surface area contributed by atoms with Gasteiger partial charge in [0.15, 0.2) is 0 Å². The van der Waals surface area contributed by atoms with Crippen LogP contribution in [0.15, 0.2) is 194 Å². The summed E-state index contributed by atoms with van der Waals surface area (Å²) in [5, 5.41) is 6.39. The van der Waals surface area contributed by atoms with Gasteiger partial charge in [0.1, 0.15) is 0 Å². The molecule has 0 aromatic heterocycles. The van der Waals surface area contributed by atoms with E-state index in [1.165, 1.54) is 88.9 Å². The lowest BCUT2D eigenvalue weighted by Gasteiger charge is -2.39. The van der Waals surface area contributed by atoms with E-state index in [1.54, 1.807) is 0 Å². The Hall–Kier alpha value is -6.90. The van der Waals surface area contributed by atoms with Crippen molar-refractivity contribution in [1.82, 2.24) is 0 Å². The second kappa shape index (κ2) is 13.1. The predicted molar refractivity (Wildman–Crippen MR) is 246 cm³/mol. The minimum atomic E-state index is -0.180. The zero-order valence-corrected chi connectivity index (χ0v) is 33.1. The van der Waals surface area contributed by atoms with E-state index in [9.17, 15) is 0 Å². The summed E-state index contributed by atoms with van der Waals surface area (Å²) in [5.41, 5.74) is 19.7. The largest absolute Gasteiger partial charge is 0.355 e. The molecule has 1 N–H and O–H groups in total. The molecule has 2 aliphatic carbocycles. The molecule has 1 atom stereocenters. The van der Waals surface area contributed by atoms with Crippen molar-refractivity contribution < 1.29 is 0 Å². The lowest BCUT2D eigenvalue weighted by atomic mass is 9.81. The highest BCUT2D eigenvalue weighted by Crippen LogP contribution is 2.55. The smallest absolute Gasteiger partial charge is 0.0715 e. The van der Waals surface area contributed by atoms with Crippen molar-refractivity contribution in [3.05, 3.63) is 211 Å². The maximum absolute atomic E-state index is 3.86. The van der Waals surface area contributed by atoms with Crippen molar-refractivity contribution in [2.45, 2.75) is 38.1 Å². The van der Waals surface area contributed by atoms with Gasteiger partial charge in [0.05, 0.1) is 5.54 Å². The molecule has 0 radical (unpaired) electrons. The molecule has 1 unspecified atom stereocenters. The van der Waals surface area contributed by atoms with E-state index in [-0.39, 0.29) is 11.0 Å². The van der Waals surface area contributed by atoms with Crippen molar-refractivity contribution in [2.24, 2.45) is 0 Å². The summed E-state index contributed by atoms with van der Waals surface area (Å²) in [5.74, 6) is 0. The first-order chi connectivity index (χ1) is 28.3. The van der Waals surface area contributed by atoms with E-state index in [1.807, 2.05) is 0 Å². The first-order valence-corrected chi connectivity index (χ1v) is 20.5. The molecule has 1 aliphatic heterocycles. The topological polar surface area (TPSA) is 15.3 Å². The van der Waals surface area contributed by atoms with Gasteiger partial charge in [-0.2, -0.15) is 0 Å². The highest BCUT2D eigenvalue weighted by molar-refractivity contribution is 6.00. The summed E-state index contributed by atoms with van der Waals surface area (Å²) in [7, 11) is 0. The Balaban J connectivity index is 1.04. The molecule has 0 fully saturated rings. The molecular formula is C56H44N2.